The van der Waals surface area contributed by atoms with Crippen molar-refractivity contribution in [1.29, 1.82) is 0 Å². The Morgan fingerprint density at radius 1 is 1.12 bits per heavy atom. The number of likely N-dealkylation sites (tertiary alicyclic amines) is 1. The van der Waals surface area contributed by atoms with Crippen LogP contribution in [0.3, 0.4) is 0 Å². The summed E-state index contributed by atoms with van der Waals surface area (Å²) in [5.74, 6) is 0.429. The van der Waals surface area contributed by atoms with E-state index in [1.807, 2.05) is 29.2 Å². The molecule has 7 nitrogen and oxygen atoms in total. The highest BCUT2D eigenvalue weighted by Gasteiger charge is 2.26. The fraction of sp³-hybridized carbons (Fsp3) is 0.269. The summed E-state index contributed by atoms with van der Waals surface area (Å²) in [6.45, 7) is 2.40. The molecule has 0 spiro atoms. The van der Waals surface area contributed by atoms with Crippen molar-refractivity contribution in [3.05, 3.63) is 99.1 Å². The van der Waals surface area contributed by atoms with Gasteiger partial charge in [0.05, 0.1) is 24.3 Å². The zero-order valence-corrected chi connectivity index (χ0v) is 19.5. The average molecular weight is 476 g/mol. The molecular weight excluding hydrogens is 450 g/mol. The minimum Gasteiger partial charge on any atom is -0.332 e. The lowest BCUT2D eigenvalue weighted by molar-refractivity contribution is 0.206. The SMILES string of the molecule is O=C(NCc1n[nH]c2ccc(Cl)cc12)N1CCC(Cc2ccc(Cn3ccccc3=O)cc2)C1. The van der Waals surface area contributed by atoms with Crippen molar-refractivity contribution in [2.24, 2.45) is 5.92 Å². The number of amides is 2. The number of urea groups is 1. The van der Waals surface area contributed by atoms with E-state index in [0.717, 1.165) is 48.1 Å². The predicted octanol–water partition coefficient (Wildman–Crippen LogP) is 4.20. The average Bonchev–Trinajstić information content (AvgIpc) is 3.47. The molecule has 0 saturated carbocycles. The highest BCUT2D eigenvalue weighted by Crippen LogP contribution is 2.23. The fourth-order valence-electron chi connectivity index (χ4n) is 4.53. The van der Waals surface area contributed by atoms with Gasteiger partial charge < -0.3 is 14.8 Å². The van der Waals surface area contributed by atoms with Crippen molar-refractivity contribution in [3.63, 3.8) is 0 Å². The van der Waals surface area contributed by atoms with Crippen LogP contribution in [0.25, 0.3) is 10.9 Å². The van der Waals surface area contributed by atoms with E-state index in [1.54, 1.807) is 22.9 Å². The molecule has 1 fully saturated rings. The van der Waals surface area contributed by atoms with Gasteiger partial charge in [-0.05, 0) is 54.2 Å². The molecule has 1 atom stereocenters. The second kappa shape index (κ2) is 9.73. The lowest BCUT2D eigenvalue weighted by Gasteiger charge is -2.17. The third-order valence-corrected chi connectivity index (χ3v) is 6.62. The zero-order chi connectivity index (χ0) is 23.5. The lowest BCUT2D eigenvalue weighted by atomic mass is 9.98. The first-order chi connectivity index (χ1) is 16.5. The Labute approximate surface area is 202 Å². The van der Waals surface area contributed by atoms with Crippen LogP contribution in [-0.2, 0) is 19.5 Å². The molecule has 0 bridgehead atoms. The van der Waals surface area contributed by atoms with E-state index in [1.165, 1.54) is 5.56 Å². The van der Waals surface area contributed by atoms with Crippen LogP contribution in [0.1, 0.15) is 23.2 Å². The monoisotopic (exact) mass is 475 g/mol. The van der Waals surface area contributed by atoms with Crippen LogP contribution in [0.2, 0.25) is 5.02 Å². The Hall–Kier alpha value is -3.58. The quantitative estimate of drug-likeness (QED) is 0.438. The second-order valence-electron chi connectivity index (χ2n) is 8.81. The van der Waals surface area contributed by atoms with Gasteiger partial charge in [-0.1, -0.05) is 41.9 Å². The Morgan fingerprint density at radius 2 is 1.94 bits per heavy atom. The van der Waals surface area contributed by atoms with Crippen LogP contribution in [0.15, 0.2) is 71.7 Å². The lowest BCUT2D eigenvalue weighted by Crippen LogP contribution is -2.38. The van der Waals surface area contributed by atoms with Crippen LogP contribution in [0.4, 0.5) is 4.79 Å². The van der Waals surface area contributed by atoms with E-state index in [4.69, 9.17) is 11.6 Å². The number of carbonyl (C=O) groups excluding carboxylic acids is 1. The molecule has 5 rings (SSSR count). The fourth-order valence-corrected chi connectivity index (χ4v) is 4.70. The first-order valence-corrected chi connectivity index (χ1v) is 11.8. The molecule has 8 heteroatoms. The number of carbonyl (C=O) groups is 1. The number of hydrogen-bond acceptors (Lipinski definition) is 3. The number of H-pyrrole nitrogens is 1. The number of hydrogen-bond donors (Lipinski definition) is 2. The van der Waals surface area contributed by atoms with Gasteiger partial charge in [0.25, 0.3) is 5.56 Å². The zero-order valence-electron chi connectivity index (χ0n) is 18.7. The summed E-state index contributed by atoms with van der Waals surface area (Å²) in [5.41, 5.74) is 4.02. The highest BCUT2D eigenvalue weighted by atomic mass is 35.5. The number of benzene rings is 2. The molecule has 2 amide bonds. The van der Waals surface area contributed by atoms with Gasteiger partial charge in [0.2, 0.25) is 0 Å². The normalized spacial score (nSPS) is 15.7. The topological polar surface area (TPSA) is 83.0 Å². The van der Waals surface area contributed by atoms with Gasteiger partial charge in [-0.15, -0.1) is 0 Å². The molecule has 2 aromatic carbocycles. The van der Waals surface area contributed by atoms with Gasteiger partial charge in [0.15, 0.2) is 0 Å². The molecule has 34 heavy (non-hydrogen) atoms. The Bertz CT molecular complexity index is 1360. The van der Waals surface area contributed by atoms with Gasteiger partial charge in [0, 0.05) is 35.8 Å². The van der Waals surface area contributed by atoms with Crippen LogP contribution in [-0.4, -0.2) is 38.8 Å². The van der Waals surface area contributed by atoms with Crippen molar-refractivity contribution < 1.29 is 4.79 Å². The minimum atomic E-state index is -0.0654. The van der Waals surface area contributed by atoms with E-state index >= 15 is 0 Å². The van der Waals surface area contributed by atoms with E-state index < -0.39 is 0 Å². The number of fused-ring (bicyclic) bond motifs is 1. The molecular formula is C26H26ClN5O2. The summed E-state index contributed by atoms with van der Waals surface area (Å²) in [4.78, 5) is 26.5. The number of aromatic amines is 1. The first-order valence-electron chi connectivity index (χ1n) is 11.4. The third kappa shape index (κ3) is 4.99. The van der Waals surface area contributed by atoms with Crippen molar-refractivity contribution in [1.82, 2.24) is 25.0 Å². The molecule has 1 aliphatic heterocycles. The molecule has 2 N–H and O–H groups in total. The van der Waals surface area contributed by atoms with Gasteiger partial charge in [-0.3, -0.25) is 9.89 Å². The summed E-state index contributed by atoms with van der Waals surface area (Å²) < 4.78 is 1.70. The molecule has 1 saturated heterocycles. The van der Waals surface area contributed by atoms with E-state index in [2.05, 4.69) is 39.8 Å². The van der Waals surface area contributed by atoms with Crippen LogP contribution < -0.4 is 10.9 Å². The van der Waals surface area contributed by atoms with Crippen LogP contribution in [0.5, 0.6) is 0 Å². The Balaban J connectivity index is 1.13. The number of nitrogens with zero attached hydrogens (tertiary/aromatic N) is 3. The molecule has 0 aliphatic carbocycles. The summed E-state index contributed by atoms with van der Waals surface area (Å²) in [6, 6.07) is 19.1. The summed E-state index contributed by atoms with van der Waals surface area (Å²) in [5, 5.41) is 11.8. The summed E-state index contributed by atoms with van der Waals surface area (Å²) >= 11 is 6.10. The number of halogens is 1. The molecule has 174 valence electrons. The van der Waals surface area contributed by atoms with Crippen LogP contribution in [0, 0.1) is 5.92 Å². The number of pyridine rings is 1. The first kappa shape index (κ1) is 22.2. The van der Waals surface area contributed by atoms with Crippen LogP contribution >= 0.6 is 11.6 Å². The van der Waals surface area contributed by atoms with Gasteiger partial charge >= 0.3 is 6.03 Å². The molecule has 4 aromatic rings. The Morgan fingerprint density at radius 3 is 2.76 bits per heavy atom. The van der Waals surface area contributed by atoms with Crippen molar-refractivity contribution in [2.45, 2.75) is 25.9 Å². The summed E-state index contributed by atoms with van der Waals surface area (Å²) in [7, 11) is 0. The van der Waals surface area contributed by atoms with E-state index in [9.17, 15) is 9.59 Å². The molecule has 2 aromatic heterocycles. The molecule has 1 aliphatic rings. The maximum absolute atomic E-state index is 12.7. The van der Waals surface area contributed by atoms with Gasteiger partial charge in [0.1, 0.15) is 0 Å². The molecule has 0 radical (unpaired) electrons. The second-order valence-corrected chi connectivity index (χ2v) is 9.24. The maximum Gasteiger partial charge on any atom is 0.317 e. The largest absolute Gasteiger partial charge is 0.332 e. The summed E-state index contributed by atoms with van der Waals surface area (Å²) in [6.07, 6.45) is 3.71. The van der Waals surface area contributed by atoms with E-state index in [-0.39, 0.29) is 11.6 Å². The molecule has 1 unspecified atom stereocenters. The maximum atomic E-state index is 12.7. The van der Waals surface area contributed by atoms with E-state index in [0.29, 0.717) is 24.0 Å². The van der Waals surface area contributed by atoms with Crippen molar-refractivity contribution >= 4 is 28.5 Å². The smallest absolute Gasteiger partial charge is 0.317 e. The molecule has 3 heterocycles. The minimum absolute atomic E-state index is 0.000160. The van der Waals surface area contributed by atoms with Crippen molar-refractivity contribution in [3.8, 4) is 0 Å². The van der Waals surface area contributed by atoms with Gasteiger partial charge in [-0.2, -0.15) is 5.10 Å². The number of aromatic nitrogens is 3. The number of rotatable bonds is 6. The van der Waals surface area contributed by atoms with Gasteiger partial charge in [-0.25, -0.2) is 4.79 Å². The third-order valence-electron chi connectivity index (χ3n) is 6.38. The predicted molar refractivity (Wildman–Crippen MR) is 133 cm³/mol. The van der Waals surface area contributed by atoms with Crippen molar-refractivity contribution in [2.75, 3.05) is 13.1 Å². The number of nitrogens with one attached hydrogen (secondary N) is 2. The Kier molecular flexibility index (Phi) is 6.36. The highest BCUT2D eigenvalue weighted by molar-refractivity contribution is 6.31. The standard InChI is InChI=1S/C26H26ClN5O2/c27-21-8-9-23-22(14-21)24(30-29-23)15-28-26(34)32-12-10-20(17-32)13-18-4-6-19(7-5-18)16-31-11-2-1-3-25(31)33/h1-9,11,14,20H,10,12-13,15-17H2,(H,28,34)(H,29,30).